The topological polar surface area (TPSA) is 104 Å². The van der Waals surface area contributed by atoms with Gasteiger partial charge < -0.3 is 10.6 Å². The van der Waals surface area contributed by atoms with E-state index in [1.807, 2.05) is 19.9 Å². The van der Waals surface area contributed by atoms with Gasteiger partial charge in [-0.2, -0.15) is 5.10 Å². The third-order valence-electron chi connectivity index (χ3n) is 3.54. The van der Waals surface area contributed by atoms with E-state index in [-0.39, 0.29) is 29.7 Å². The first-order chi connectivity index (χ1) is 11.5. The zero-order valence-corrected chi connectivity index (χ0v) is 13.6. The summed E-state index contributed by atoms with van der Waals surface area (Å²) < 4.78 is 0. The number of H-pyrrole nitrogens is 1. The van der Waals surface area contributed by atoms with Gasteiger partial charge in [-0.1, -0.05) is 19.1 Å². The number of nitrogens with zero attached hydrogens (tertiary/aromatic N) is 1. The lowest BCUT2D eigenvalue weighted by molar-refractivity contribution is 0.0935. The fraction of sp³-hybridized carbons (Fsp3) is 0.294. The van der Waals surface area contributed by atoms with Crippen molar-refractivity contribution in [3.05, 3.63) is 63.6 Å². The lowest BCUT2D eigenvalue weighted by atomic mass is 10.1. The molecule has 0 saturated carbocycles. The predicted octanol–water partition coefficient (Wildman–Crippen LogP) is 1.23. The number of amides is 2. The summed E-state index contributed by atoms with van der Waals surface area (Å²) in [5.41, 5.74) is 1.10. The van der Waals surface area contributed by atoms with Gasteiger partial charge in [0.15, 0.2) is 0 Å². The highest BCUT2D eigenvalue weighted by Gasteiger charge is 2.10. The van der Waals surface area contributed by atoms with Crippen LogP contribution >= 0.6 is 0 Å². The molecule has 0 unspecified atom stereocenters. The third kappa shape index (κ3) is 4.77. The highest BCUT2D eigenvalue weighted by atomic mass is 16.2. The molecule has 3 N–H and O–H groups in total. The molecule has 1 aromatic heterocycles. The Hall–Kier alpha value is -2.96. The monoisotopic (exact) mass is 328 g/mol. The molecule has 7 nitrogen and oxygen atoms in total. The van der Waals surface area contributed by atoms with E-state index < -0.39 is 5.91 Å². The van der Waals surface area contributed by atoms with Gasteiger partial charge in [-0.15, -0.1) is 0 Å². The summed E-state index contributed by atoms with van der Waals surface area (Å²) in [7, 11) is 0. The van der Waals surface area contributed by atoms with Gasteiger partial charge in [-0.3, -0.25) is 14.4 Å². The van der Waals surface area contributed by atoms with Crippen molar-refractivity contribution in [2.75, 3.05) is 0 Å². The minimum Gasteiger partial charge on any atom is -0.350 e. The van der Waals surface area contributed by atoms with Crippen molar-refractivity contribution in [2.24, 2.45) is 0 Å². The van der Waals surface area contributed by atoms with Crippen LogP contribution in [0, 0.1) is 0 Å². The summed E-state index contributed by atoms with van der Waals surface area (Å²) >= 11 is 0. The van der Waals surface area contributed by atoms with Crippen LogP contribution in [0.1, 0.15) is 46.7 Å². The highest BCUT2D eigenvalue weighted by molar-refractivity contribution is 5.94. The lowest BCUT2D eigenvalue weighted by Crippen LogP contribution is -2.32. The third-order valence-corrected chi connectivity index (χ3v) is 3.54. The summed E-state index contributed by atoms with van der Waals surface area (Å²) in [6.45, 7) is 4.20. The fourth-order valence-corrected chi connectivity index (χ4v) is 1.98. The average Bonchev–Trinajstić information content (AvgIpc) is 2.60. The molecule has 0 bridgehead atoms. The molecule has 0 fully saturated rings. The molecule has 1 heterocycles. The van der Waals surface area contributed by atoms with Gasteiger partial charge in [0.1, 0.15) is 5.69 Å². The number of benzene rings is 1. The Morgan fingerprint density at radius 3 is 2.67 bits per heavy atom. The molecule has 7 heteroatoms. The number of carbonyl (C=O) groups excluding carboxylic acids is 2. The van der Waals surface area contributed by atoms with Crippen LogP contribution in [0.4, 0.5) is 0 Å². The SMILES string of the molecule is CC[C@@H](C)NC(=O)c1cccc(CNC(=O)c2ccc(=O)[nH]n2)c1. The van der Waals surface area contributed by atoms with E-state index in [0.717, 1.165) is 12.0 Å². The first kappa shape index (κ1) is 17.4. The molecule has 2 amide bonds. The van der Waals surface area contributed by atoms with Gasteiger partial charge in [0.05, 0.1) is 0 Å². The molecular formula is C17H20N4O3. The van der Waals surface area contributed by atoms with E-state index in [1.54, 1.807) is 18.2 Å². The van der Waals surface area contributed by atoms with E-state index in [9.17, 15) is 14.4 Å². The molecule has 1 atom stereocenters. The minimum absolute atomic E-state index is 0.104. The minimum atomic E-state index is -0.402. The number of hydrogen-bond acceptors (Lipinski definition) is 4. The Morgan fingerprint density at radius 1 is 1.21 bits per heavy atom. The van der Waals surface area contributed by atoms with Crippen LogP contribution in [0.25, 0.3) is 0 Å². The van der Waals surface area contributed by atoms with Crippen LogP contribution in [-0.4, -0.2) is 28.1 Å². The number of rotatable bonds is 6. The number of aromatic amines is 1. The Balaban J connectivity index is 1.99. The quantitative estimate of drug-likeness (QED) is 0.742. The first-order valence-electron chi connectivity index (χ1n) is 7.73. The first-order valence-corrected chi connectivity index (χ1v) is 7.73. The van der Waals surface area contributed by atoms with Gasteiger partial charge in [0.25, 0.3) is 17.4 Å². The van der Waals surface area contributed by atoms with Crippen LogP contribution in [-0.2, 0) is 6.54 Å². The number of nitrogens with one attached hydrogen (secondary N) is 3. The second kappa shape index (κ2) is 8.05. The van der Waals surface area contributed by atoms with Crippen molar-refractivity contribution in [1.29, 1.82) is 0 Å². The van der Waals surface area contributed by atoms with Crippen molar-refractivity contribution in [3.63, 3.8) is 0 Å². The number of hydrogen-bond donors (Lipinski definition) is 3. The maximum atomic E-state index is 12.1. The summed E-state index contributed by atoms with van der Waals surface area (Å²) in [4.78, 5) is 35.0. The van der Waals surface area contributed by atoms with Gasteiger partial charge in [0, 0.05) is 24.2 Å². The zero-order valence-electron chi connectivity index (χ0n) is 13.6. The normalized spacial score (nSPS) is 11.6. The number of aromatic nitrogens is 2. The summed E-state index contributed by atoms with van der Waals surface area (Å²) in [6.07, 6.45) is 0.855. The molecule has 0 aliphatic rings. The molecule has 0 saturated heterocycles. The molecule has 0 aliphatic carbocycles. The van der Waals surface area contributed by atoms with Crippen molar-refractivity contribution in [2.45, 2.75) is 32.9 Å². The van der Waals surface area contributed by atoms with Crippen molar-refractivity contribution >= 4 is 11.8 Å². The molecule has 126 valence electrons. The van der Waals surface area contributed by atoms with Gasteiger partial charge in [-0.25, -0.2) is 5.10 Å². The zero-order chi connectivity index (χ0) is 17.5. The number of carbonyl (C=O) groups is 2. The van der Waals surface area contributed by atoms with Crippen LogP contribution in [0.2, 0.25) is 0 Å². The Kier molecular flexibility index (Phi) is 5.83. The van der Waals surface area contributed by atoms with Crippen LogP contribution in [0.15, 0.2) is 41.2 Å². The summed E-state index contributed by atoms with van der Waals surface area (Å²) in [5.74, 6) is -0.541. The lowest BCUT2D eigenvalue weighted by Gasteiger charge is -2.12. The van der Waals surface area contributed by atoms with E-state index in [0.29, 0.717) is 5.56 Å². The Morgan fingerprint density at radius 2 is 2.00 bits per heavy atom. The van der Waals surface area contributed by atoms with Crippen LogP contribution < -0.4 is 16.2 Å². The molecule has 0 spiro atoms. The summed E-state index contributed by atoms with van der Waals surface area (Å²) in [5, 5.41) is 11.5. The summed E-state index contributed by atoms with van der Waals surface area (Å²) in [6, 6.07) is 9.75. The molecule has 2 rings (SSSR count). The van der Waals surface area contributed by atoms with Crippen LogP contribution in [0.3, 0.4) is 0 Å². The Bertz CT molecular complexity index is 765. The molecule has 0 radical (unpaired) electrons. The van der Waals surface area contributed by atoms with Gasteiger partial charge >= 0.3 is 0 Å². The molecule has 0 aliphatic heterocycles. The standard InChI is InChI=1S/C17H20N4O3/c1-3-11(2)19-16(23)13-6-4-5-12(9-13)10-18-17(24)14-7-8-15(22)21-20-14/h4-9,11H,3,10H2,1-2H3,(H,18,24)(H,19,23)(H,21,22)/t11-/m1/s1. The molecule has 2 aromatic rings. The smallest absolute Gasteiger partial charge is 0.271 e. The Labute approximate surface area is 139 Å². The second-order valence-corrected chi connectivity index (χ2v) is 5.47. The second-order valence-electron chi connectivity index (χ2n) is 5.47. The van der Waals surface area contributed by atoms with E-state index >= 15 is 0 Å². The largest absolute Gasteiger partial charge is 0.350 e. The highest BCUT2D eigenvalue weighted by Crippen LogP contribution is 2.06. The van der Waals surface area contributed by atoms with Crippen LogP contribution in [0.5, 0.6) is 0 Å². The average molecular weight is 328 g/mol. The fourth-order valence-electron chi connectivity index (χ4n) is 1.98. The maximum absolute atomic E-state index is 12.1. The maximum Gasteiger partial charge on any atom is 0.271 e. The van der Waals surface area contributed by atoms with E-state index in [4.69, 9.17) is 0 Å². The van der Waals surface area contributed by atoms with E-state index in [2.05, 4.69) is 20.8 Å². The molecular weight excluding hydrogens is 308 g/mol. The molecule has 1 aromatic carbocycles. The van der Waals surface area contributed by atoms with Crippen molar-refractivity contribution in [1.82, 2.24) is 20.8 Å². The predicted molar refractivity (Wildman–Crippen MR) is 89.7 cm³/mol. The van der Waals surface area contributed by atoms with Crippen molar-refractivity contribution in [3.8, 4) is 0 Å². The van der Waals surface area contributed by atoms with Gasteiger partial charge in [-0.05, 0) is 37.1 Å². The van der Waals surface area contributed by atoms with Gasteiger partial charge in [0.2, 0.25) is 0 Å². The molecule has 24 heavy (non-hydrogen) atoms. The van der Waals surface area contributed by atoms with Crippen molar-refractivity contribution < 1.29 is 9.59 Å². The van der Waals surface area contributed by atoms with E-state index in [1.165, 1.54) is 12.1 Å².